The van der Waals surface area contributed by atoms with Crippen LogP contribution in [0.25, 0.3) is 0 Å². The van der Waals surface area contributed by atoms with Gasteiger partial charge >= 0.3 is 6.09 Å². The lowest BCUT2D eigenvalue weighted by molar-refractivity contribution is -0.150. The van der Waals surface area contributed by atoms with Crippen molar-refractivity contribution in [2.24, 2.45) is 5.41 Å². The number of thiophene rings is 1. The number of carbonyl (C=O) groups excluding carboxylic acids is 2. The summed E-state index contributed by atoms with van der Waals surface area (Å²) < 4.78 is 10.7. The van der Waals surface area contributed by atoms with Gasteiger partial charge in [0.15, 0.2) is 0 Å². The Hall–Kier alpha value is -2.74. The number of para-hydroxylation sites is 2. The number of aryl methyl sites for hydroxylation is 1. The highest BCUT2D eigenvalue weighted by Crippen LogP contribution is 2.44. The van der Waals surface area contributed by atoms with Crippen molar-refractivity contribution in [3.05, 3.63) is 46.2 Å². The topological polar surface area (TPSA) is 62.3 Å². The first kappa shape index (κ1) is 26.3. The molecule has 0 saturated carbocycles. The molecule has 196 valence electrons. The summed E-state index contributed by atoms with van der Waals surface area (Å²) in [5.74, 6) is 1.03. The fourth-order valence-corrected chi connectivity index (χ4v) is 7.02. The van der Waals surface area contributed by atoms with Crippen molar-refractivity contribution in [2.75, 3.05) is 51.8 Å². The van der Waals surface area contributed by atoms with Crippen LogP contribution in [0, 0.1) is 12.3 Å². The summed E-state index contributed by atoms with van der Waals surface area (Å²) in [6, 6.07) is 12.1. The van der Waals surface area contributed by atoms with E-state index in [1.54, 1.807) is 18.4 Å². The molecule has 0 bridgehead atoms. The molecule has 2 aromatic rings. The number of nitrogens with zero attached hydrogens (tertiary/aromatic N) is 3. The van der Waals surface area contributed by atoms with Gasteiger partial charge < -0.3 is 24.2 Å². The number of benzene rings is 1. The Bertz CT molecular complexity index is 1050. The number of piperazine rings is 1. The van der Waals surface area contributed by atoms with Crippen molar-refractivity contribution in [2.45, 2.75) is 52.0 Å². The fraction of sp³-hybridized carbons (Fsp3) is 0.571. The van der Waals surface area contributed by atoms with Crippen LogP contribution >= 0.6 is 11.3 Å². The Morgan fingerprint density at radius 1 is 1.06 bits per heavy atom. The summed E-state index contributed by atoms with van der Waals surface area (Å²) in [5, 5.41) is 0. The lowest BCUT2D eigenvalue weighted by atomic mass is 9.67. The first-order valence-electron chi connectivity index (χ1n) is 13.0. The first-order valence-corrected chi connectivity index (χ1v) is 13.8. The lowest BCUT2D eigenvalue weighted by Crippen LogP contribution is -2.63. The third kappa shape index (κ3) is 5.19. The minimum atomic E-state index is -0.646. The number of hydrogen-bond acceptors (Lipinski definition) is 6. The molecule has 2 fully saturated rings. The Balaban J connectivity index is 1.62. The van der Waals surface area contributed by atoms with Crippen molar-refractivity contribution >= 4 is 29.0 Å². The normalized spacial score (nSPS) is 22.4. The summed E-state index contributed by atoms with van der Waals surface area (Å²) in [7, 11) is 3.13. The van der Waals surface area contributed by atoms with E-state index < -0.39 is 5.41 Å². The van der Waals surface area contributed by atoms with Crippen LogP contribution in [0.2, 0.25) is 0 Å². The Morgan fingerprint density at radius 3 is 2.44 bits per heavy atom. The molecule has 2 aliphatic heterocycles. The van der Waals surface area contributed by atoms with Crippen LogP contribution in [0.1, 0.15) is 42.4 Å². The third-order valence-electron chi connectivity index (χ3n) is 7.71. The van der Waals surface area contributed by atoms with Crippen LogP contribution < -0.4 is 9.64 Å². The molecule has 2 aliphatic rings. The number of hydrogen-bond donors (Lipinski definition) is 0. The van der Waals surface area contributed by atoms with Gasteiger partial charge in [-0.2, -0.15) is 0 Å². The van der Waals surface area contributed by atoms with E-state index in [9.17, 15) is 9.59 Å². The summed E-state index contributed by atoms with van der Waals surface area (Å²) in [6.45, 7) is 7.67. The van der Waals surface area contributed by atoms with Crippen molar-refractivity contribution in [3.63, 3.8) is 0 Å². The molecule has 0 spiro atoms. The summed E-state index contributed by atoms with van der Waals surface area (Å²) in [4.78, 5) is 35.9. The molecule has 4 rings (SSSR count). The van der Waals surface area contributed by atoms with Gasteiger partial charge in [-0.15, -0.1) is 11.3 Å². The molecule has 7 nitrogen and oxygen atoms in total. The highest BCUT2D eigenvalue weighted by molar-refractivity contribution is 7.11. The number of piperidine rings is 1. The van der Waals surface area contributed by atoms with Crippen molar-refractivity contribution in [1.82, 2.24) is 9.80 Å². The molecule has 36 heavy (non-hydrogen) atoms. The average molecular weight is 514 g/mol. The second-order valence-electron chi connectivity index (χ2n) is 9.87. The molecular formula is C28H39N3O4S. The summed E-state index contributed by atoms with van der Waals surface area (Å²) in [5.41, 5.74) is 0.418. The first-order chi connectivity index (χ1) is 17.4. The minimum absolute atomic E-state index is 0.175. The molecule has 3 heterocycles. The number of methoxy groups -OCH3 is 2. The molecule has 2 amide bonds. The molecule has 2 unspecified atom stereocenters. The van der Waals surface area contributed by atoms with E-state index in [4.69, 9.17) is 9.47 Å². The van der Waals surface area contributed by atoms with Gasteiger partial charge in [0, 0.05) is 48.5 Å². The molecule has 0 N–H and O–H groups in total. The largest absolute Gasteiger partial charge is 0.495 e. The fourth-order valence-electron chi connectivity index (χ4n) is 6.01. The van der Waals surface area contributed by atoms with Crippen LogP contribution in [0.3, 0.4) is 0 Å². The average Bonchev–Trinajstić information content (AvgIpc) is 3.32. The van der Waals surface area contributed by atoms with Crippen LogP contribution in [-0.2, 0) is 16.0 Å². The summed E-state index contributed by atoms with van der Waals surface area (Å²) in [6.07, 6.45) is 3.61. The maximum absolute atomic E-state index is 14.5. The van der Waals surface area contributed by atoms with E-state index in [-0.39, 0.29) is 18.0 Å². The molecule has 1 aromatic heterocycles. The Kier molecular flexibility index (Phi) is 8.44. The molecular weight excluding hydrogens is 474 g/mol. The van der Waals surface area contributed by atoms with Gasteiger partial charge in [0.1, 0.15) is 5.75 Å². The van der Waals surface area contributed by atoms with Gasteiger partial charge in [0.05, 0.1) is 25.3 Å². The predicted molar refractivity (Wildman–Crippen MR) is 144 cm³/mol. The van der Waals surface area contributed by atoms with Gasteiger partial charge in [0.2, 0.25) is 5.91 Å². The van der Waals surface area contributed by atoms with E-state index in [0.29, 0.717) is 26.1 Å². The molecule has 8 heteroatoms. The predicted octanol–water partition coefficient (Wildman–Crippen LogP) is 4.97. The Morgan fingerprint density at radius 2 is 1.81 bits per heavy atom. The number of amides is 2. The van der Waals surface area contributed by atoms with E-state index in [2.05, 4.69) is 36.9 Å². The van der Waals surface area contributed by atoms with Crippen LogP contribution in [0.15, 0.2) is 36.4 Å². The molecule has 1 aromatic carbocycles. The number of ether oxygens (including phenoxy) is 2. The van der Waals surface area contributed by atoms with Crippen molar-refractivity contribution < 1.29 is 19.1 Å². The van der Waals surface area contributed by atoms with Crippen LogP contribution in [0.4, 0.5) is 10.5 Å². The zero-order valence-corrected chi connectivity index (χ0v) is 22.8. The quantitative estimate of drug-likeness (QED) is 0.523. The lowest BCUT2D eigenvalue weighted by Gasteiger charge is -2.51. The van der Waals surface area contributed by atoms with E-state index in [0.717, 1.165) is 50.2 Å². The standard InChI is InChI=1S/C28H39N3O4S/c1-5-9-25-28(20-22-13-12-21(2)36-22,14-8-15-31(25)27(33)35-4)26(32)30-18-16-29(17-19-30)23-10-6-7-11-24(23)34-3/h6-7,10-13,25H,5,8-9,14-20H2,1-4H3. The molecule has 0 aliphatic carbocycles. The van der Waals surface area contributed by atoms with Gasteiger partial charge in [-0.1, -0.05) is 25.5 Å². The number of anilines is 1. The van der Waals surface area contributed by atoms with Gasteiger partial charge in [-0.05, 0) is 56.9 Å². The second-order valence-corrected chi connectivity index (χ2v) is 11.2. The van der Waals surface area contributed by atoms with Gasteiger partial charge in [-0.25, -0.2) is 4.79 Å². The monoisotopic (exact) mass is 513 g/mol. The molecule has 2 saturated heterocycles. The third-order valence-corrected chi connectivity index (χ3v) is 8.71. The number of likely N-dealkylation sites (tertiary alicyclic amines) is 1. The number of rotatable bonds is 7. The van der Waals surface area contributed by atoms with E-state index in [1.807, 2.05) is 28.0 Å². The second kappa shape index (κ2) is 11.5. The zero-order valence-electron chi connectivity index (χ0n) is 22.0. The highest BCUT2D eigenvalue weighted by atomic mass is 32.1. The maximum atomic E-state index is 14.5. The maximum Gasteiger partial charge on any atom is 0.409 e. The van der Waals surface area contributed by atoms with Crippen LogP contribution in [0.5, 0.6) is 5.75 Å². The minimum Gasteiger partial charge on any atom is -0.495 e. The van der Waals surface area contributed by atoms with Gasteiger partial charge in [-0.3, -0.25) is 4.79 Å². The SMILES string of the molecule is CCCC1N(C(=O)OC)CCCC1(Cc1ccc(C)s1)C(=O)N1CCN(c2ccccc2OC)CC1. The summed E-state index contributed by atoms with van der Waals surface area (Å²) >= 11 is 1.75. The number of carbonyl (C=O) groups is 2. The molecule has 0 radical (unpaired) electrons. The van der Waals surface area contributed by atoms with Gasteiger partial charge in [0.25, 0.3) is 0 Å². The van der Waals surface area contributed by atoms with Crippen LogP contribution in [-0.4, -0.2) is 74.8 Å². The molecule has 2 atom stereocenters. The smallest absolute Gasteiger partial charge is 0.409 e. The van der Waals surface area contributed by atoms with Crippen molar-refractivity contribution in [3.8, 4) is 5.75 Å². The van der Waals surface area contributed by atoms with Crippen molar-refractivity contribution in [1.29, 1.82) is 0 Å². The van der Waals surface area contributed by atoms with E-state index in [1.165, 1.54) is 16.9 Å². The Labute approximate surface area is 219 Å². The van der Waals surface area contributed by atoms with E-state index >= 15 is 0 Å². The zero-order chi connectivity index (χ0) is 25.7. The highest BCUT2D eigenvalue weighted by Gasteiger charge is 2.53.